The second-order valence-corrected chi connectivity index (χ2v) is 6.93. The summed E-state index contributed by atoms with van der Waals surface area (Å²) in [6.45, 7) is 4.61. The number of rotatable bonds is 8. The van der Waals surface area contributed by atoms with Crippen LogP contribution in [0.3, 0.4) is 0 Å². The number of aliphatic hydroxyl groups is 1. The van der Waals surface area contributed by atoms with E-state index in [0.717, 1.165) is 17.0 Å². The highest BCUT2D eigenvalue weighted by Gasteiger charge is 2.23. The van der Waals surface area contributed by atoms with Crippen molar-refractivity contribution in [3.05, 3.63) is 57.5 Å². The molecule has 0 saturated heterocycles. The van der Waals surface area contributed by atoms with Crippen LogP contribution in [0.5, 0.6) is 11.5 Å². The van der Waals surface area contributed by atoms with Gasteiger partial charge >= 0.3 is 0 Å². The fourth-order valence-corrected chi connectivity index (χ4v) is 3.07. The highest BCUT2D eigenvalue weighted by Crippen LogP contribution is 2.33. The lowest BCUT2D eigenvalue weighted by atomic mass is 10.1. The van der Waals surface area contributed by atoms with Crippen LogP contribution < -0.4 is 14.9 Å². The number of pyridine rings is 1. The molecule has 1 aromatic heterocycles. The van der Waals surface area contributed by atoms with Gasteiger partial charge in [0.05, 0.1) is 26.0 Å². The van der Waals surface area contributed by atoms with Crippen molar-refractivity contribution in [2.45, 2.75) is 33.2 Å². The Bertz CT molecular complexity index is 871. The van der Waals surface area contributed by atoms with E-state index < -0.39 is 0 Å². The summed E-state index contributed by atoms with van der Waals surface area (Å²) in [5, 5.41) is 9.41. The normalized spacial score (nSPS) is 14.3. The molecule has 0 aliphatic heterocycles. The monoisotopic (exact) mass is 370 g/mol. The lowest BCUT2D eigenvalue weighted by Gasteiger charge is -2.17. The molecular weight excluding hydrogens is 344 g/mol. The molecule has 1 saturated carbocycles. The molecule has 144 valence electrons. The van der Waals surface area contributed by atoms with E-state index in [9.17, 15) is 9.90 Å². The van der Waals surface area contributed by atoms with E-state index in [1.165, 1.54) is 12.8 Å². The first kappa shape index (κ1) is 19.2. The number of benzene rings is 1. The third-order valence-electron chi connectivity index (χ3n) is 4.79. The highest BCUT2D eigenvalue weighted by atomic mass is 16.5. The molecular formula is C21H26N2O4. The van der Waals surface area contributed by atoms with Crippen LogP contribution in [-0.2, 0) is 6.54 Å². The molecule has 27 heavy (non-hydrogen) atoms. The van der Waals surface area contributed by atoms with Crippen molar-refractivity contribution in [2.24, 2.45) is 10.9 Å². The molecule has 0 unspecified atom stereocenters. The number of aromatic nitrogens is 1. The van der Waals surface area contributed by atoms with Gasteiger partial charge in [0.15, 0.2) is 16.9 Å². The lowest BCUT2D eigenvalue weighted by Crippen LogP contribution is -2.19. The number of nitrogens with zero attached hydrogens (tertiary/aromatic N) is 2. The molecule has 1 heterocycles. The van der Waals surface area contributed by atoms with Crippen molar-refractivity contribution in [3.8, 4) is 11.5 Å². The Morgan fingerprint density at radius 1 is 1.19 bits per heavy atom. The summed E-state index contributed by atoms with van der Waals surface area (Å²) in [6, 6.07) is 8.87. The molecule has 6 nitrogen and oxygen atoms in total. The predicted octanol–water partition coefficient (Wildman–Crippen LogP) is 2.70. The summed E-state index contributed by atoms with van der Waals surface area (Å²) in [5.41, 5.74) is 3.26. The summed E-state index contributed by atoms with van der Waals surface area (Å²) in [7, 11) is 1.62. The Morgan fingerprint density at radius 2 is 1.89 bits per heavy atom. The molecule has 3 rings (SSSR count). The second kappa shape index (κ2) is 8.39. The van der Waals surface area contributed by atoms with Gasteiger partial charge < -0.3 is 19.1 Å². The summed E-state index contributed by atoms with van der Waals surface area (Å²) in [4.78, 5) is 16.0. The number of hydrogen-bond acceptors (Lipinski definition) is 5. The Labute approximate surface area is 159 Å². The van der Waals surface area contributed by atoms with Gasteiger partial charge in [0, 0.05) is 29.1 Å². The smallest absolute Gasteiger partial charge is 0.182 e. The zero-order valence-electron chi connectivity index (χ0n) is 16.1. The second-order valence-electron chi connectivity index (χ2n) is 6.93. The maximum Gasteiger partial charge on any atom is 0.182 e. The first-order valence-corrected chi connectivity index (χ1v) is 9.15. The van der Waals surface area contributed by atoms with Crippen LogP contribution in [0.4, 0.5) is 0 Å². The molecule has 1 fully saturated rings. The molecule has 1 aliphatic rings. The van der Waals surface area contributed by atoms with Crippen molar-refractivity contribution in [2.75, 3.05) is 20.4 Å². The molecule has 1 aliphatic carbocycles. The molecule has 1 aromatic carbocycles. The third-order valence-corrected chi connectivity index (χ3v) is 4.79. The number of ether oxygens (including phenoxy) is 2. The van der Waals surface area contributed by atoms with Crippen LogP contribution in [0.25, 0.3) is 0 Å². The minimum absolute atomic E-state index is 0.0119. The third kappa shape index (κ3) is 4.77. The molecule has 0 amide bonds. The minimum atomic E-state index is -0.308. The summed E-state index contributed by atoms with van der Waals surface area (Å²) < 4.78 is 13.4. The van der Waals surface area contributed by atoms with E-state index in [0.29, 0.717) is 36.3 Å². The quantitative estimate of drug-likeness (QED) is 0.725. The summed E-state index contributed by atoms with van der Waals surface area (Å²) >= 11 is 0. The average molecular weight is 370 g/mol. The van der Waals surface area contributed by atoms with E-state index in [1.54, 1.807) is 19.2 Å². The van der Waals surface area contributed by atoms with Crippen LogP contribution in [0.1, 0.15) is 29.8 Å². The van der Waals surface area contributed by atoms with Gasteiger partial charge in [0.25, 0.3) is 0 Å². The molecule has 0 atom stereocenters. The van der Waals surface area contributed by atoms with Gasteiger partial charge in [-0.15, -0.1) is 0 Å². The first-order valence-electron chi connectivity index (χ1n) is 9.15. The topological polar surface area (TPSA) is 73.1 Å². The van der Waals surface area contributed by atoms with Crippen LogP contribution in [0.2, 0.25) is 0 Å². The molecule has 6 heteroatoms. The van der Waals surface area contributed by atoms with E-state index in [2.05, 4.69) is 4.99 Å². The minimum Gasteiger partial charge on any atom is -0.493 e. The van der Waals surface area contributed by atoms with Crippen LogP contribution >= 0.6 is 0 Å². The van der Waals surface area contributed by atoms with Crippen molar-refractivity contribution in [3.63, 3.8) is 0 Å². The maximum absolute atomic E-state index is 11.7. The van der Waals surface area contributed by atoms with E-state index in [1.807, 2.05) is 36.6 Å². The number of aliphatic imine (C=N–C) groups is 1. The van der Waals surface area contributed by atoms with Crippen molar-refractivity contribution < 1.29 is 14.6 Å². The van der Waals surface area contributed by atoms with Gasteiger partial charge in [0.1, 0.15) is 6.73 Å². The van der Waals surface area contributed by atoms with E-state index >= 15 is 0 Å². The largest absolute Gasteiger partial charge is 0.493 e. The average Bonchev–Trinajstić information content (AvgIpc) is 3.46. The van der Waals surface area contributed by atoms with Gasteiger partial charge in [-0.3, -0.25) is 9.79 Å². The molecule has 1 N–H and O–H groups in total. The number of aryl methyl sites for hydroxylation is 2. The molecule has 0 spiro atoms. The molecule has 0 bridgehead atoms. The van der Waals surface area contributed by atoms with Crippen molar-refractivity contribution >= 4 is 5.71 Å². The van der Waals surface area contributed by atoms with Gasteiger partial charge in [0.2, 0.25) is 0 Å². The van der Waals surface area contributed by atoms with E-state index in [-0.39, 0.29) is 12.2 Å². The molecule has 2 aromatic rings. The van der Waals surface area contributed by atoms with Gasteiger partial charge in [-0.1, -0.05) is 0 Å². The zero-order valence-corrected chi connectivity index (χ0v) is 16.1. The number of methoxy groups -OCH3 is 1. The predicted molar refractivity (Wildman–Crippen MR) is 105 cm³/mol. The fourth-order valence-electron chi connectivity index (χ4n) is 3.07. The first-order chi connectivity index (χ1) is 13.0. The fraction of sp³-hybridized carbons (Fsp3) is 0.429. The SMILES string of the molecule is COc1ccc(/C(Cn2c(C)cc(=O)cc2C)=N\CO)cc1OCC1CC1. The lowest BCUT2D eigenvalue weighted by molar-refractivity contribution is 0.280. The Balaban J connectivity index is 1.91. The van der Waals surface area contributed by atoms with Crippen molar-refractivity contribution in [1.29, 1.82) is 0 Å². The standard InChI is InChI=1S/C21H26N2O4/c1-14-8-18(25)9-15(2)23(14)11-19(22-13-24)17-6-7-20(26-3)21(10-17)27-12-16-4-5-16/h6-10,16,24H,4-5,11-13H2,1-3H3/b22-19-. The number of aliphatic hydroxyl groups excluding tert-OH is 1. The van der Waals surface area contributed by atoms with Gasteiger partial charge in [-0.2, -0.15) is 0 Å². The number of hydrogen-bond donors (Lipinski definition) is 1. The van der Waals surface area contributed by atoms with Crippen LogP contribution in [-0.4, -0.2) is 35.8 Å². The summed E-state index contributed by atoms with van der Waals surface area (Å²) in [6.07, 6.45) is 2.42. The van der Waals surface area contributed by atoms with E-state index in [4.69, 9.17) is 9.47 Å². The Hall–Kier alpha value is -2.60. The van der Waals surface area contributed by atoms with Gasteiger partial charge in [-0.25, -0.2) is 0 Å². The van der Waals surface area contributed by atoms with Crippen LogP contribution in [0.15, 0.2) is 40.1 Å². The summed E-state index contributed by atoms with van der Waals surface area (Å²) in [5.74, 6) is 2.00. The van der Waals surface area contributed by atoms with Crippen molar-refractivity contribution in [1.82, 2.24) is 4.57 Å². The van der Waals surface area contributed by atoms with Gasteiger partial charge in [-0.05, 0) is 50.8 Å². The zero-order chi connectivity index (χ0) is 19.4. The van der Waals surface area contributed by atoms with Crippen LogP contribution in [0, 0.1) is 19.8 Å². The highest BCUT2D eigenvalue weighted by molar-refractivity contribution is 6.01. The maximum atomic E-state index is 11.7. The Kier molecular flexibility index (Phi) is 5.96. The molecule has 0 radical (unpaired) electrons. The Morgan fingerprint density at radius 3 is 2.48 bits per heavy atom.